The smallest absolute Gasteiger partial charge is 0.414 e. The number of carbonyl (C=O) groups excluding carboxylic acids is 2. The number of pyridine rings is 1. The lowest BCUT2D eigenvalue weighted by molar-refractivity contribution is 0.0717. The Morgan fingerprint density at radius 1 is 1.16 bits per heavy atom. The van der Waals surface area contributed by atoms with Gasteiger partial charge in [-0.2, -0.15) is 0 Å². The van der Waals surface area contributed by atoms with E-state index in [0.29, 0.717) is 37.5 Å². The first-order chi connectivity index (χ1) is 15.0. The van der Waals surface area contributed by atoms with Gasteiger partial charge in [-0.25, -0.2) is 9.78 Å². The fraction of sp³-hybridized carbons (Fsp3) is 0.435. The van der Waals surface area contributed by atoms with Crippen LogP contribution in [0.25, 0.3) is 0 Å². The van der Waals surface area contributed by atoms with Crippen molar-refractivity contribution < 1.29 is 19.1 Å². The van der Waals surface area contributed by atoms with Crippen LogP contribution < -0.4 is 9.80 Å². The van der Waals surface area contributed by atoms with E-state index < -0.39 is 6.09 Å². The number of methoxy groups -OCH3 is 1. The van der Waals surface area contributed by atoms with E-state index in [-0.39, 0.29) is 24.4 Å². The number of nitrogens with zero attached hydrogens (tertiary/aromatic N) is 4. The van der Waals surface area contributed by atoms with E-state index in [1.165, 1.54) is 0 Å². The van der Waals surface area contributed by atoms with Crippen molar-refractivity contribution >= 4 is 35.9 Å². The van der Waals surface area contributed by atoms with Crippen LogP contribution in [0.4, 0.5) is 16.3 Å². The number of halogens is 1. The lowest BCUT2D eigenvalue weighted by Crippen LogP contribution is -2.49. The zero-order chi connectivity index (χ0) is 22.0. The van der Waals surface area contributed by atoms with Gasteiger partial charge >= 0.3 is 6.09 Å². The highest BCUT2D eigenvalue weighted by molar-refractivity contribution is 5.96. The molecule has 32 heavy (non-hydrogen) atoms. The van der Waals surface area contributed by atoms with Crippen molar-refractivity contribution in [3.8, 4) is 0 Å². The van der Waals surface area contributed by atoms with Gasteiger partial charge in [-0.3, -0.25) is 9.69 Å². The predicted molar refractivity (Wildman–Crippen MR) is 125 cm³/mol. The molecule has 2 amide bonds. The maximum Gasteiger partial charge on any atom is 0.414 e. The van der Waals surface area contributed by atoms with Crippen LogP contribution in [0.3, 0.4) is 0 Å². The molecule has 0 saturated carbocycles. The third-order valence-corrected chi connectivity index (χ3v) is 5.71. The maximum atomic E-state index is 13.0. The Hall–Kier alpha value is -2.84. The van der Waals surface area contributed by atoms with Gasteiger partial charge in [0.1, 0.15) is 11.9 Å². The average Bonchev–Trinajstić information content (AvgIpc) is 3.14. The van der Waals surface area contributed by atoms with E-state index in [2.05, 4.69) is 22.9 Å². The summed E-state index contributed by atoms with van der Waals surface area (Å²) in [5, 5.41) is 0. The van der Waals surface area contributed by atoms with Crippen LogP contribution in [0.1, 0.15) is 21.5 Å². The summed E-state index contributed by atoms with van der Waals surface area (Å²) < 4.78 is 10.3. The number of ether oxygens (including phenoxy) is 2. The molecular formula is C23H29ClN4O4. The van der Waals surface area contributed by atoms with Gasteiger partial charge in [0, 0.05) is 50.7 Å². The zero-order valence-corrected chi connectivity index (χ0v) is 19.4. The molecule has 1 atom stereocenters. The van der Waals surface area contributed by atoms with Crippen molar-refractivity contribution in [1.82, 2.24) is 9.88 Å². The first-order valence-corrected chi connectivity index (χ1v) is 10.5. The summed E-state index contributed by atoms with van der Waals surface area (Å²) in [5.74, 6) is 0.993. The fourth-order valence-corrected chi connectivity index (χ4v) is 4.13. The van der Waals surface area contributed by atoms with Gasteiger partial charge in [0.25, 0.3) is 5.91 Å². The van der Waals surface area contributed by atoms with E-state index in [9.17, 15) is 9.59 Å². The summed E-state index contributed by atoms with van der Waals surface area (Å²) in [5.41, 5.74) is 3.63. The first-order valence-electron chi connectivity index (χ1n) is 10.5. The van der Waals surface area contributed by atoms with Crippen molar-refractivity contribution in [3.05, 3.63) is 53.2 Å². The van der Waals surface area contributed by atoms with Gasteiger partial charge in [-0.05, 0) is 49.2 Å². The summed E-state index contributed by atoms with van der Waals surface area (Å²) >= 11 is 0. The van der Waals surface area contributed by atoms with Crippen molar-refractivity contribution in [2.75, 3.05) is 56.2 Å². The topological polar surface area (TPSA) is 75.2 Å². The summed E-state index contributed by atoms with van der Waals surface area (Å²) in [6, 6.07) is 9.26. The van der Waals surface area contributed by atoms with Crippen LogP contribution >= 0.6 is 12.4 Å². The van der Waals surface area contributed by atoms with Gasteiger partial charge in [0.15, 0.2) is 0 Å². The van der Waals surface area contributed by atoms with E-state index in [4.69, 9.17) is 9.47 Å². The summed E-state index contributed by atoms with van der Waals surface area (Å²) in [4.78, 5) is 35.3. The monoisotopic (exact) mass is 460 g/mol. The molecule has 1 aromatic heterocycles. The molecule has 0 aliphatic carbocycles. The Balaban J connectivity index is 0.00000289. The largest absolute Gasteiger partial charge is 0.441 e. The van der Waals surface area contributed by atoms with Gasteiger partial charge < -0.3 is 19.3 Å². The van der Waals surface area contributed by atoms with Gasteiger partial charge in [-0.15, -0.1) is 12.4 Å². The molecule has 0 bridgehead atoms. The van der Waals surface area contributed by atoms with Crippen LogP contribution in [0.2, 0.25) is 0 Å². The third kappa shape index (κ3) is 4.97. The second kappa shape index (κ2) is 10.2. The Morgan fingerprint density at radius 3 is 2.47 bits per heavy atom. The van der Waals surface area contributed by atoms with Crippen LogP contribution in [0, 0.1) is 13.8 Å². The van der Waals surface area contributed by atoms with E-state index in [0.717, 1.165) is 30.0 Å². The highest BCUT2D eigenvalue weighted by atomic mass is 35.5. The molecule has 9 heteroatoms. The second-order valence-electron chi connectivity index (χ2n) is 8.05. The summed E-state index contributed by atoms with van der Waals surface area (Å²) in [6.45, 7) is 7.71. The average molecular weight is 461 g/mol. The summed E-state index contributed by atoms with van der Waals surface area (Å²) in [7, 11) is 1.58. The number of amides is 2. The molecule has 4 rings (SSSR count). The number of aromatic nitrogens is 1. The van der Waals surface area contributed by atoms with Crippen molar-refractivity contribution in [2.24, 2.45) is 0 Å². The molecule has 1 unspecified atom stereocenters. The van der Waals surface area contributed by atoms with Crippen LogP contribution in [0.15, 0.2) is 36.5 Å². The SMILES string of the molecule is COCC1CN(c2ccc(C(=O)N3CCN(c4ncc(C)cc4C)CC3)cc2)C(=O)O1.Cl. The molecule has 172 valence electrons. The minimum absolute atomic E-state index is 0. The van der Waals surface area contributed by atoms with E-state index in [1.807, 2.05) is 18.0 Å². The van der Waals surface area contributed by atoms with Crippen LogP contribution in [-0.4, -0.2) is 74.4 Å². The first kappa shape index (κ1) is 23.8. The van der Waals surface area contributed by atoms with Crippen molar-refractivity contribution in [2.45, 2.75) is 20.0 Å². The Labute approximate surface area is 194 Å². The molecule has 2 aromatic rings. The van der Waals surface area contributed by atoms with E-state index >= 15 is 0 Å². The number of hydrogen-bond acceptors (Lipinski definition) is 6. The standard InChI is InChI=1S/C23H28N4O4.ClH/c1-16-12-17(2)21(24-13-16)25-8-10-26(11-9-25)22(28)18-4-6-19(7-5-18)27-14-20(15-30-3)31-23(27)29;/h4-7,12-13,20H,8-11,14-15H2,1-3H3;1H. The molecule has 2 aliphatic heterocycles. The number of aryl methyl sites for hydroxylation is 2. The number of piperazine rings is 1. The number of rotatable bonds is 5. The number of cyclic esters (lactones) is 1. The van der Waals surface area contributed by atoms with Gasteiger partial charge in [0.2, 0.25) is 0 Å². The number of benzene rings is 1. The quantitative estimate of drug-likeness (QED) is 0.682. The molecule has 2 fully saturated rings. The fourth-order valence-electron chi connectivity index (χ4n) is 4.13. The second-order valence-corrected chi connectivity index (χ2v) is 8.05. The predicted octanol–water partition coefficient (Wildman–Crippen LogP) is 3.05. The lowest BCUT2D eigenvalue weighted by Gasteiger charge is -2.36. The highest BCUT2D eigenvalue weighted by Gasteiger charge is 2.32. The van der Waals surface area contributed by atoms with Crippen LogP contribution in [-0.2, 0) is 9.47 Å². The molecule has 0 spiro atoms. The van der Waals surface area contributed by atoms with Crippen molar-refractivity contribution in [1.29, 1.82) is 0 Å². The highest BCUT2D eigenvalue weighted by Crippen LogP contribution is 2.24. The third-order valence-electron chi connectivity index (χ3n) is 5.71. The summed E-state index contributed by atoms with van der Waals surface area (Å²) in [6.07, 6.45) is 1.22. The van der Waals surface area contributed by atoms with Crippen LogP contribution in [0.5, 0.6) is 0 Å². The van der Waals surface area contributed by atoms with E-state index in [1.54, 1.807) is 36.3 Å². The minimum atomic E-state index is -0.391. The normalized spacial score (nSPS) is 18.4. The molecule has 8 nitrogen and oxygen atoms in total. The molecule has 2 aliphatic rings. The number of anilines is 2. The maximum absolute atomic E-state index is 13.0. The Bertz CT molecular complexity index is 961. The number of hydrogen-bond donors (Lipinski definition) is 0. The molecule has 0 N–H and O–H groups in total. The minimum Gasteiger partial charge on any atom is -0.441 e. The van der Waals surface area contributed by atoms with Gasteiger partial charge in [-0.1, -0.05) is 6.07 Å². The Kier molecular flexibility index (Phi) is 7.58. The molecule has 3 heterocycles. The van der Waals surface area contributed by atoms with Gasteiger partial charge in [0.05, 0.1) is 13.2 Å². The molecule has 1 aromatic carbocycles. The lowest BCUT2D eigenvalue weighted by atomic mass is 10.1. The molecular weight excluding hydrogens is 432 g/mol. The number of carbonyl (C=O) groups is 2. The Morgan fingerprint density at radius 2 is 1.84 bits per heavy atom. The van der Waals surface area contributed by atoms with Crippen molar-refractivity contribution in [3.63, 3.8) is 0 Å². The molecule has 0 radical (unpaired) electrons. The molecule has 2 saturated heterocycles. The zero-order valence-electron chi connectivity index (χ0n) is 18.6.